The third kappa shape index (κ3) is 9.77. The van der Waals surface area contributed by atoms with Gasteiger partial charge in [0.1, 0.15) is 5.82 Å². The Hall–Kier alpha value is -16.3. The van der Waals surface area contributed by atoms with E-state index in [1.54, 1.807) is 0 Å². The van der Waals surface area contributed by atoms with E-state index in [-0.39, 0.29) is 0 Å². The van der Waals surface area contributed by atoms with E-state index in [1.807, 2.05) is 6.20 Å². The first-order chi connectivity index (χ1) is 60.5. The normalized spacial score (nSPS) is 12.3. The molecule has 0 atom stereocenters. The van der Waals surface area contributed by atoms with Crippen molar-refractivity contribution in [2.24, 2.45) is 0 Å². The van der Waals surface area contributed by atoms with Gasteiger partial charge in [0, 0.05) is 93.6 Å². The molecule has 0 saturated heterocycles. The van der Waals surface area contributed by atoms with E-state index in [2.05, 4.69) is 425 Å². The Kier molecular flexibility index (Phi) is 14.0. The first-order valence-electron chi connectivity index (χ1n) is 42.1. The van der Waals surface area contributed by atoms with E-state index in [4.69, 9.17) is 9.97 Å². The molecule has 562 valence electrons. The van der Waals surface area contributed by atoms with Gasteiger partial charge in [0.05, 0.1) is 55.3 Å². The van der Waals surface area contributed by atoms with Gasteiger partial charge < -0.3 is 13.7 Å². The minimum absolute atomic E-state index is 0.981. The van der Waals surface area contributed by atoms with Gasteiger partial charge in [0.2, 0.25) is 0 Å². The molecule has 2 aliphatic carbocycles. The van der Waals surface area contributed by atoms with Crippen LogP contribution in [0.3, 0.4) is 0 Å². The molecule has 0 amide bonds. The quantitative estimate of drug-likeness (QED) is 0.160. The number of pyridine rings is 2. The predicted octanol–water partition coefficient (Wildman–Crippen LogP) is 30.9. The molecule has 2 aliphatic rings. The van der Waals surface area contributed by atoms with Crippen LogP contribution in [-0.4, -0.2) is 28.2 Å². The van der Waals surface area contributed by atoms with Gasteiger partial charge in [-0.2, -0.15) is 0 Å². The van der Waals surface area contributed by atoms with Crippen molar-refractivity contribution in [2.75, 3.05) is 0 Å². The highest BCUT2D eigenvalue weighted by Gasteiger charge is 2.29. The number of rotatable bonds is 7. The molecule has 0 unspecified atom stereocenters. The zero-order valence-electron chi connectivity index (χ0n) is 65.9. The Morgan fingerprint density at radius 2 is 0.590 bits per heavy atom. The largest absolute Gasteiger partial charge is 0.309 e. The van der Waals surface area contributed by atoms with E-state index in [1.165, 1.54) is 230 Å². The fraction of sp³-hybridized carbons (Fsp3) is 0. The van der Waals surface area contributed by atoms with Crippen LogP contribution in [0.2, 0.25) is 0 Å². The standard InChI is InChI=1S/C63H37N3.C53H31N3/c1-2-11-46(12-3-1)65-59-20-9-7-16-53(59)63-48-29-26-40(31-43(48)27-30-60(63)65)38-21-22-42-36-61-54(35-45(42)33-38)51-15-6-8-19-58(51)66(61)47-28-25-39-32-44(24-23-41(39)34-47)57-37-55-50-14-5-4-13-49(50)52-17-10-18-56(64-57)62(52)55;1-2-12-38(13-3-1)55-47-20-9-7-17-44(47)51-39-25-23-33(27-35(39)24-26-48(51)55)32-21-22-34-30-49-45(29-37(34)28-32)41-15-6-8-19-46(41)56(49)53-52-43-16-5-4-14-40(43)42-18-10-11-36(31-54-53)50(42)52/h1-37H;1-31H. The van der Waals surface area contributed by atoms with Gasteiger partial charge in [0.15, 0.2) is 0 Å². The van der Waals surface area contributed by atoms with Gasteiger partial charge in [-0.05, 0) is 255 Å². The third-order valence-corrected chi connectivity index (χ3v) is 26.6. The molecule has 6 heterocycles. The molecule has 122 heavy (non-hydrogen) atoms. The number of fused-ring (bicyclic) bond motifs is 25. The number of para-hydroxylation sites is 6. The molecule has 0 bridgehead atoms. The van der Waals surface area contributed by atoms with Crippen LogP contribution in [0, 0.1) is 0 Å². The van der Waals surface area contributed by atoms with Crippen molar-refractivity contribution in [1.29, 1.82) is 0 Å². The van der Waals surface area contributed by atoms with Gasteiger partial charge in [0.25, 0.3) is 0 Å². The maximum absolute atomic E-state index is 5.23. The number of hydrogen-bond acceptors (Lipinski definition) is 2. The zero-order chi connectivity index (χ0) is 79.5. The van der Waals surface area contributed by atoms with E-state index >= 15 is 0 Å². The Morgan fingerprint density at radius 1 is 0.180 bits per heavy atom. The minimum Gasteiger partial charge on any atom is -0.309 e. The fourth-order valence-electron chi connectivity index (χ4n) is 21.2. The summed E-state index contributed by atoms with van der Waals surface area (Å²) in [5.41, 5.74) is 31.3. The monoisotopic (exact) mass is 1540 g/mol. The topological polar surface area (TPSA) is 45.5 Å². The van der Waals surface area contributed by atoms with Crippen molar-refractivity contribution in [2.45, 2.75) is 0 Å². The smallest absolute Gasteiger partial charge is 0.146 e. The van der Waals surface area contributed by atoms with Crippen molar-refractivity contribution in [3.05, 3.63) is 413 Å². The molecule has 6 aromatic heterocycles. The average molecular weight is 1550 g/mol. The molecule has 0 spiro atoms. The first kappa shape index (κ1) is 66.8. The highest BCUT2D eigenvalue weighted by molar-refractivity contribution is 6.25. The van der Waals surface area contributed by atoms with Crippen LogP contribution >= 0.6 is 0 Å². The van der Waals surface area contributed by atoms with Gasteiger partial charge in [-0.3, -0.25) is 4.57 Å². The van der Waals surface area contributed by atoms with E-state index in [0.717, 1.165) is 33.8 Å². The molecule has 0 fully saturated rings. The van der Waals surface area contributed by atoms with Crippen molar-refractivity contribution < 1.29 is 0 Å². The lowest BCUT2D eigenvalue weighted by Crippen LogP contribution is -2.00. The maximum Gasteiger partial charge on any atom is 0.146 e. The van der Waals surface area contributed by atoms with Crippen LogP contribution in [0.25, 0.3) is 264 Å². The number of hydrogen-bond donors (Lipinski definition) is 0. The number of aromatic nitrogens is 6. The summed E-state index contributed by atoms with van der Waals surface area (Å²) >= 11 is 0. The molecule has 0 radical (unpaired) electrons. The fourth-order valence-corrected chi connectivity index (χ4v) is 21.2. The summed E-state index contributed by atoms with van der Waals surface area (Å²) in [4.78, 5) is 10.4. The molecule has 6 nitrogen and oxygen atoms in total. The summed E-state index contributed by atoms with van der Waals surface area (Å²) in [6.45, 7) is 0. The highest BCUT2D eigenvalue weighted by Crippen LogP contribution is 2.53. The third-order valence-electron chi connectivity index (χ3n) is 26.6. The minimum atomic E-state index is 0.981. The predicted molar refractivity (Wildman–Crippen MR) is 514 cm³/mol. The van der Waals surface area contributed by atoms with Gasteiger partial charge >= 0.3 is 0 Å². The second kappa shape index (κ2) is 25.6. The molecular weight excluding hydrogens is 1480 g/mol. The second-order valence-electron chi connectivity index (χ2n) is 33.1. The van der Waals surface area contributed by atoms with Gasteiger partial charge in [-0.1, -0.05) is 267 Å². The Balaban J connectivity index is 0.000000130. The first-order valence-corrected chi connectivity index (χ1v) is 42.1. The molecule has 20 aromatic carbocycles. The van der Waals surface area contributed by atoms with Crippen molar-refractivity contribution in [3.63, 3.8) is 0 Å². The average Bonchev–Trinajstić information content (AvgIpc) is 1.54. The van der Waals surface area contributed by atoms with Crippen LogP contribution in [0.5, 0.6) is 0 Å². The van der Waals surface area contributed by atoms with Gasteiger partial charge in [-0.25, -0.2) is 9.97 Å². The van der Waals surface area contributed by atoms with Crippen LogP contribution in [0.4, 0.5) is 0 Å². The maximum atomic E-state index is 5.23. The lowest BCUT2D eigenvalue weighted by Gasteiger charge is -2.13. The molecule has 0 saturated carbocycles. The molecule has 6 heteroatoms. The number of benzene rings is 20. The molecule has 0 aliphatic heterocycles. The van der Waals surface area contributed by atoms with E-state index in [0.29, 0.717) is 0 Å². The summed E-state index contributed by atoms with van der Waals surface area (Å²) in [6.07, 6.45) is 2.05. The van der Waals surface area contributed by atoms with Crippen molar-refractivity contribution in [1.82, 2.24) is 28.2 Å². The summed E-state index contributed by atoms with van der Waals surface area (Å²) < 4.78 is 9.61. The number of nitrogens with zero attached hydrogens (tertiary/aromatic N) is 6. The van der Waals surface area contributed by atoms with Crippen LogP contribution in [0.1, 0.15) is 0 Å². The Labute approximate surface area is 699 Å². The zero-order valence-corrected chi connectivity index (χ0v) is 65.9. The summed E-state index contributed by atoms with van der Waals surface area (Å²) in [5, 5.41) is 26.1. The lowest BCUT2D eigenvalue weighted by atomic mass is 9.96. The summed E-state index contributed by atoms with van der Waals surface area (Å²) in [5.74, 6) is 0.981. The van der Waals surface area contributed by atoms with Crippen molar-refractivity contribution >= 4 is 163 Å². The highest BCUT2D eigenvalue weighted by atomic mass is 15.1. The summed E-state index contributed by atoms with van der Waals surface area (Å²) in [6, 6.07) is 150. The Morgan fingerprint density at radius 3 is 1.18 bits per heavy atom. The van der Waals surface area contributed by atoms with Gasteiger partial charge in [-0.15, -0.1) is 0 Å². The van der Waals surface area contributed by atoms with E-state index < -0.39 is 0 Å². The van der Waals surface area contributed by atoms with Crippen LogP contribution in [0.15, 0.2) is 413 Å². The molecular formula is C116H68N6. The molecule has 0 N–H and O–H groups in total. The van der Waals surface area contributed by atoms with E-state index in [9.17, 15) is 0 Å². The Bertz CT molecular complexity index is 9090. The van der Waals surface area contributed by atoms with Crippen molar-refractivity contribution in [3.8, 4) is 101 Å². The second-order valence-corrected chi connectivity index (χ2v) is 33.1. The SMILES string of the molecule is c1ccc(-n2c3ccccc3c3c4ccc(-c5ccc6cc7c(cc6c5)c5ccccc5n7-c5ccc6cc(-c7cc8c9c(cccc9n7)-c7ccccc7-8)ccc6c5)cc4ccc32)cc1.c1ccc(-n2c3ccccc3c3c4ccc(-c5ccc6cc7c(cc6c5)c5ccccc5n7-c5ncc6cccc7c6c5-c5ccccc5-7)cc4ccc32)cc1. The van der Waals surface area contributed by atoms with Crippen LogP contribution in [-0.2, 0) is 0 Å². The molecule has 26 aromatic rings. The summed E-state index contributed by atoms with van der Waals surface area (Å²) in [7, 11) is 0. The molecule has 28 rings (SSSR count). The van der Waals surface area contributed by atoms with Crippen LogP contribution < -0.4 is 0 Å². The lowest BCUT2D eigenvalue weighted by molar-refractivity contribution is 1.09.